The molecule has 0 radical (unpaired) electrons. The summed E-state index contributed by atoms with van der Waals surface area (Å²) in [5.74, 6) is 0.482. The molecule has 1 amide bonds. The van der Waals surface area contributed by atoms with Crippen molar-refractivity contribution in [3.63, 3.8) is 0 Å². The van der Waals surface area contributed by atoms with Crippen LogP contribution in [0.5, 0.6) is 5.75 Å². The summed E-state index contributed by atoms with van der Waals surface area (Å²) in [6.07, 6.45) is 0.978. The van der Waals surface area contributed by atoms with Crippen LogP contribution in [0.3, 0.4) is 0 Å². The number of nitrogens with one attached hydrogen (secondary N) is 2. The third-order valence-corrected chi connectivity index (χ3v) is 4.29. The van der Waals surface area contributed by atoms with E-state index in [9.17, 15) is 4.79 Å². The van der Waals surface area contributed by atoms with E-state index < -0.39 is 0 Å². The smallest absolute Gasteiger partial charge is 0.257 e. The molecule has 2 rings (SSSR count). The number of hydrogen-bond donors (Lipinski definition) is 2. The lowest BCUT2D eigenvalue weighted by molar-refractivity contribution is 0.0977. The van der Waals surface area contributed by atoms with Crippen LogP contribution in [0.15, 0.2) is 42.5 Å². The molecule has 0 aliphatic carbocycles. The van der Waals surface area contributed by atoms with Crippen LogP contribution in [0, 0.1) is 3.57 Å². The number of ether oxygens (including phenoxy) is 1. The first kappa shape index (κ1) is 19.7. The zero-order valence-corrected chi connectivity index (χ0v) is 17.4. The van der Waals surface area contributed by atoms with Gasteiger partial charge in [0.25, 0.3) is 5.91 Å². The van der Waals surface area contributed by atoms with E-state index in [1.54, 1.807) is 24.3 Å². The molecule has 0 saturated heterocycles. The molecule has 0 aliphatic heterocycles. The second-order valence-corrected chi connectivity index (χ2v) is 7.41. The van der Waals surface area contributed by atoms with Crippen LogP contribution in [-0.4, -0.2) is 17.1 Å². The lowest BCUT2D eigenvalue weighted by atomic mass is 10.1. The average Bonchev–Trinajstić information content (AvgIpc) is 2.56. The Balaban J connectivity index is 1.99. The minimum atomic E-state index is -0.253. The summed E-state index contributed by atoms with van der Waals surface area (Å²) in [4.78, 5) is 12.3. The highest BCUT2D eigenvalue weighted by Gasteiger charge is 2.10. The maximum Gasteiger partial charge on any atom is 0.257 e. The van der Waals surface area contributed by atoms with Crippen molar-refractivity contribution in [2.75, 3.05) is 5.32 Å². The summed E-state index contributed by atoms with van der Waals surface area (Å²) in [7, 11) is 0. The molecule has 4 nitrogen and oxygen atoms in total. The standard InChI is InChI=1S/C19H21IN2O2S/c1-4-13-11-15(20)7-10-17(13)21-19(25)22-18(23)14-5-8-16(9-6-14)24-12(2)3/h5-12H,4H2,1-3H3,(H2,21,22,23,25). The molecule has 0 spiro atoms. The van der Waals surface area contributed by atoms with Gasteiger partial charge in [-0.3, -0.25) is 10.1 Å². The lowest BCUT2D eigenvalue weighted by Gasteiger charge is -2.13. The molecule has 6 heteroatoms. The Morgan fingerprint density at radius 3 is 2.48 bits per heavy atom. The van der Waals surface area contributed by atoms with Gasteiger partial charge in [0.1, 0.15) is 5.75 Å². The van der Waals surface area contributed by atoms with Gasteiger partial charge in [-0.1, -0.05) is 6.92 Å². The van der Waals surface area contributed by atoms with Crippen molar-refractivity contribution in [2.45, 2.75) is 33.3 Å². The zero-order chi connectivity index (χ0) is 18.4. The fourth-order valence-corrected chi connectivity index (χ4v) is 3.02. The Morgan fingerprint density at radius 1 is 1.20 bits per heavy atom. The van der Waals surface area contributed by atoms with Crippen LogP contribution in [0.4, 0.5) is 5.69 Å². The van der Waals surface area contributed by atoms with Crippen molar-refractivity contribution in [1.29, 1.82) is 0 Å². The number of anilines is 1. The predicted octanol–water partition coefficient (Wildman–Crippen LogP) is 4.77. The number of benzene rings is 2. The lowest BCUT2D eigenvalue weighted by Crippen LogP contribution is -2.34. The SMILES string of the molecule is CCc1cc(I)ccc1NC(=S)NC(=O)c1ccc(OC(C)C)cc1. The van der Waals surface area contributed by atoms with E-state index in [4.69, 9.17) is 17.0 Å². The summed E-state index contributed by atoms with van der Waals surface area (Å²) in [6, 6.07) is 13.1. The number of rotatable bonds is 5. The number of hydrogen-bond acceptors (Lipinski definition) is 3. The van der Waals surface area contributed by atoms with Crippen molar-refractivity contribution in [3.8, 4) is 5.75 Å². The Kier molecular flexibility index (Phi) is 7.19. The summed E-state index contributed by atoms with van der Waals surface area (Å²) < 4.78 is 6.74. The fraction of sp³-hybridized carbons (Fsp3) is 0.263. The van der Waals surface area contributed by atoms with E-state index in [2.05, 4.69) is 46.2 Å². The van der Waals surface area contributed by atoms with Gasteiger partial charge in [-0.2, -0.15) is 0 Å². The first-order valence-corrected chi connectivity index (χ1v) is 9.55. The van der Waals surface area contributed by atoms with Gasteiger partial charge >= 0.3 is 0 Å². The van der Waals surface area contributed by atoms with Crippen LogP contribution < -0.4 is 15.4 Å². The topological polar surface area (TPSA) is 50.4 Å². The minimum absolute atomic E-state index is 0.0955. The molecule has 0 unspecified atom stereocenters. The van der Waals surface area contributed by atoms with Crippen LogP contribution in [-0.2, 0) is 6.42 Å². The maximum atomic E-state index is 12.3. The molecule has 0 heterocycles. The number of carbonyl (C=O) groups excluding carboxylic acids is 1. The van der Waals surface area contributed by atoms with Gasteiger partial charge in [0.05, 0.1) is 6.10 Å². The van der Waals surface area contributed by atoms with Gasteiger partial charge in [0.2, 0.25) is 0 Å². The highest BCUT2D eigenvalue weighted by Crippen LogP contribution is 2.19. The number of thiocarbonyl (C=S) groups is 1. The van der Waals surface area contributed by atoms with Crippen LogP contribution in [0.25, 0.3) is 0 Å². The van der Waals surface area contributed by atoms with E-state index in [1.807, 2.05) is 26.0 Å². The van der Waals surface area contributed by atoms with E-state index >= 15 is 0 Å². The highest BCUT2D eigenvalue weighted by molar-refractivity contribution is 14.1. The predicted molar refractivity (Wildman–Crippen MR) is 114 cm³/mol. The number of aryl methyl sites for hydroxylation is 1. The first-order valence-electron chi connectivity index (χ1n) is 8.06. The molecular weight excluding hydrogens is 447 g/mol. The Labute approximate surface area is 167 Å². The second kappa shape index (κ2) is 9.15. The summed E-state index contributed by atoms with van der Waals surface area (Å²) in [6.45, 7) is 6.00. The molecule has 0 aliphatic rings. The molecule has 132 valence electrons. The molecule has 0 bridgehead atoms. The molecule has 25 heavy (non-hydrogen) atoms. The van der Waals surface area contributed by atoms with Gasteiger partial charge in [-0.15, -0.1) is 0 Å². The van der Waals surface area contributed by atoms with E-state index in [0.29, 0.717) is 5.56 Å². The molecule has 2 N–H and O–H groups in total. The first-order chi connectivity index (χ1) is 11.9. The quantitative estimate of drug-likeness (QED) is 0.491. The molecule has 0 fully saturated rings. The van der Waals surface area contributed by atoms with Gasteiger partial charge in [0.15, 0.2) is 5.11 Å². The monoisotopic (exact) mass is 468 g/mol. The molecule has 0 aromatic heterocycles. The van der Waals surface area contributed by atoms with E-state index in [0.717, 1.165) is 23.4 Å². The fourth-order valence-electron chi connectivity index (χ4n) is 2.26. The average molecular weight is 468 g/mol. The van der Waals surface area contributed by atoms with E-state index in [1.165, 1.54) is 3.57 Å². The Bertz CT molecular complexity index is 761. The van der Waals surface area contributed by atoms with Gasteiger partial charge in [0, 0.05) is 14.8 Å². The van der Waals surface area contributed by atoms with Crippen LogP contribution in [0.2, 0.25) is 0 Å². The number of carbonyl (C=O) groups is 1. The largest absolute Gasteiger partial charge is 0.491 e. The van der Waals surface area contributed by atoms with Gasteiger partial charge in [-0.25, -0.2) is 0 Å². The molecule has 2 aromatic carbocycles. The zero-order valence-electron chi connectivity index (χ0n) is 14.4. The van der Waals surface area contributed by atoms with Crippen molar-refractivity contribution in [3.05, 3.63) is 57.2 Å². The Morgan fingerprint density at radius 2 is 1.88 bits per heavy atom. The third-order valence-electron chi connectivity index (χ3n) is 3.41. The van der Waals surface area contributed by atoms with Crippen molar-refractivity contribution >= 4 is 51.5 Å². The molecule has 0 atom stereocenters. The molecule has 0 saturated carbocycles. The van der Waals surface area contributed by atoms with Crippen molar-refractivity contribution in [2.24, 2.45) is 0 Å². The summed E-state index contributed by atoms with van der Waals surface area (Å²) in [5, 5.41) is 6.09. The number of amides is 1. The van der Waals surface area contributed by atoms with Crippen LogP contribution >= 0.6 is 34.8 Å². The van der Waals surface area contributed by atoms with E-state index in [-0.39, 0.29) is 17.1 Å². The normalized spacial score (nSPS) is 10.4. The highest BCUT2D eigenvalue weighted by atomic mass is 127. The van der Waals surface area contributed by atoms with Crippen molar-refractivity contribution < 1.29 is 9.53 Å². The number of halogens is 1. The molecular formula is C19H21IN2O2S. The summed E-state index contributed by atoms with van der Waals surface area (Å²) >= 11 is 7.54. The maximum absolute atomic E-state index is 12.3. The van der Waals surface area contributed by atoms with Gasteiger partial charge < -0.3 is 10.1 Å². The van der Waals surface area contributed by atoms with Crippen LogP contribution in [0.1, 0.15) is 36.7 Å². The molecule has 2 aromatic rings. The third kappa shape index (κ3) is 5.97. The summed E-state index contributed by atoms with van der Waals surface area (Å²) in [5.41, 5.74) is 2.59. The Hall–Kier alpha value is -1.67. The van der Waals surface area contributed by atoms with Gasteiger partial charge in [-0.05, 0) is 103 Å². The van der Waals surface area contributed by atoms with Crippen molar-refractivity contribution in [1.82, 2.24) is 5.32 Å². The second-order valence-electron chi connectivity index (χ2n) is 5.75. The minimum Gasteiger partial charge on any atom is -0.491 e.